The van der Waals surface area contributed by atoms with E-state index in [2.05, 4.69) is 10.6 Å². The van der Waals surface area contributed by atoms with Crippen LogP contribution in [0.3, 0.4) is 0 Å². The van der Waals surface area contributed by atoms with Crippen molar-refractivity contribution >= 4 is 51.3 Å². The molecule has 3 N–H and O–H groups in total. The molecule has 1 heterocycles. The Morgan fingerprint density at radius 2 is 1.52 bits per heavy atom. The highest BCUT2D eigenvalue weighted by molar-refractivity contribution is 6.12. The van der Waals surface area contributed by atoms with Crippen LogP contribution in [-0.4, -0.2) is 54.3 Å². The lowest BCUT2D eigenvalue weighted by Gasteiger charge is -2.14. The van der Waals surface area contributed by atoms with Crippen molar-refractivity contribution in [2.45, 2.75) is 58.8 Å². The number of hydrogen-bond donors (Lipinski definition) is 3. The molecule has 11 nitrogen and oxygen atoms in total. The van der Waals surface area contributed by atoms with Gasteiger partial charge in [-0.15, -0.1) is 0 Å². The first-order chi connectivity index (χ1) is 19.2. The second kappa shape index (κ2) is 14.8. The summed E-state index contributed by atoms with van der Waals surface area (Å²) in [5.74, 6) is -1.32. The minimum Gasteiger partial charge on any atom is -0.481 e. The first-order valence-electron chi connectivity index (χ1n) is 13.2. The highest BCUT2D eigenvalue weighted by Gasteiger charge is 2.24. The van der Waals surface area contributed by atoms with Crippen LogP contribution in [0.25, 0.3) is 21.7 Å². The molecule has 0 saturated heterocycles. The van der Waals surface area contributed by atoms with Crippen LogP contribution >= 0.6 is 0 Å². The van der Waals surface area contributed by atoms with E-state index < -0.39 is 18.0 Å². The third-order valence-electron chi connectivity index (χ3n) is 6.08. The molecule has 0 radical (unpaired) electrons. The number of furan rings is 1. The van der Waals surface area contributed by atoms with E-state index in [-0.39, 0.29) is 53.8 Å². The Hall–Kier alpha value is -4.25. The number of esters is 1. The number of carboxylic acids is 1. The van der Waals surface area contributed by atoms with Gasteiger partial charge in [0.1, 0.15) is 11.5 Å². The average Bonchev–Trinajstić information content (AvgIpc) is 3.35. The van der Waals surface area contributed by atoms with E-state index in [1.54, 1.807) is 24.3 Å². The molecule has 3 rings (SSSR count). The second-order valence-corrected chi connectivity index (χ2v) is 9.41. The summed E-state index contributed by atoms with van der Waals surface area (Å²) in [5, 5.41) is 15.7. The van der Waals surface area contributed by atoms with Crippen molar-refractivity contribution in [3.05, 3.63) is 36.1 Å². The van der Waals surface area contributed by atoms with Crippen LogP contribution in [-0.2, 0) is 14.4 Å². The maximum Gasteiger partial charge on any atom is 0.412 e. The van der Waals surface area contributed by atoms with Gasteiger partial charge in [0.05, 0.1) is 5.39 Å². The van der Waals surface area contributed by atoms with Gasteiger partial charge in [-0.1, -0.05) is 30.7 Å². The smallest absolute Gasteiger partial charge is 0.412 e. The average molecular weight is 555 g/mol. The van der Waals surface area contributed by atoms with Crippen molar-refractivity contribution in [3.63, 3.8) is 0 Å². The molecule has 2 aromatic carbocycles. The zero-order chi connectivity index (χ0) is 29.1. The van der Waals surface area contributed by atoms with E-state index in [4.69, 9.17) is 19.0 Å². The zero-order valence-corrected chi connectivity index (χ0v) is 22.7. The Kier molecular flexibility index (Phi) is 11.2. The predicted molar refractivity (Wildman–Crippen MR) is 147 cm³/mol. The van der Waals surface area contributed by atoms with E-state index >= 15 is 0 Å². The normalized spacial score (nSPS) is 10.9. The number of nitrogens with one attached hydrogen (secondary N) is 2. The van der Waals surface area contributed by atoms with Gasteiger partial charge in [0.25, 0.3) is 0 Å². The van der Waals surface area contributed by atoms with Gasteiger partial charge in [0.2, 0.25) is 0 Å². The highest BCUT2D eigenvalue weighted by atomic mass is 16.6. The minimum atomic E-state index is -0.862. The molecular weight excluding hydrogens is 520 g/mol. The lowest BCUT2D eigenvalue weighted by atomic mass is 10.0. The number of carboxylic acid groups (broad SMARTS) is 1. The lowest BCUT2D eigenvalue weighted by molar-refractivity contribution is -0.137. The molecule has 11 heteroatoms. The molecule has 214 valence electrons. The largest absolute Gasteiger partial charge is 0.481 e. The Bertz CT molecular complexity index is 1300. The molecule has 0 atom stereocenters. The van der Waals surface area contributed by atoms with Crippen molar-refractivity contribution in [1.29, 1.82) is 0 Å². The third-order valence-corrected chi connectivity index (χ3v) is 6.08. The standard InChI is InChI=1S/C29H34N2O9/c1-18(32)13-16-30-14-8-12-25(36)39-26-20-9-5-6-10-21(20)27(28-22(26)17-23(38-28)19(2)33)40-29(37)31-15-7-3-4-11-24(34)35/h5-6,9-10,17,30H,3-4,7-8,11-16H2,1-2H3,(H,31,37)(H,34,35). The molecular formula is C29H34N2O9. The van der Waals surface area contributed by atoms with Crippen LogP contribution in [0.4, 0.5) is 4.79 Å². The number of benzene rings is 2. The topological polar surface area (TPSA) is 161 Å². The summed E-state index contributed by atoms with van der Waals surface area (Å²) in [7, 11) is 0. The summed E-state index contributed by atoms with van der Waals surface area (Å²) >= 11 is 0. The van der Waals surface area contributed by atoms with Crippen molar-refractivity contribution < 1.29 is 43.0 Å². The summed E-state index contributed by atoms with van der Waals surface area (Å²) in [6.45, 7) is 4.22. The first-order valence-corrected chi connectivity index (χ1v) is 13.2. The van der Waals surface area contributed by atoms with Crippen molar-refractivity contribution in [2.75, 3.05) is 19.6 Å². The van der Waals surface area contributed by atoms with E-state index in [0.29, 0.717) is 61.4 Å². The molecule has 0 saturated carbocycles. The number of unbranched alkanes of at least 4 members (excludes halogenated alkanes) is 2. The molecule has 0 aliphatic heterocycles. The van der Waals surface area contributed by atoms with E-state index in [0.717, 1.165) is 0 Å². The van der Waals surface area contributed by atoms with E-state index in [1.165, 1.54) is 19.9 Å². The third kappa shape index (κ3) is 8.63. The molecule has 0 spiro atoms. The van der Waals surface area contributed by atoms with Gasteiger partial charge in [-0.3, -0.25) is 19.2 Å². The predicted octanol–water partition coefficient (Wildman–Crippen LogP) is 4.78. The van der Waals surface area contributed by atoms with Crippen molar-refractivity contribution in [2.24, 2.45) is 0 Å². The van der Waals surface area contributed by atoms with Gasteiger partial charge in [0.15, 0.2) is 22.9 Å². The van der Waals surface area contributed by atoms with Crippen LogP contribution in [0, 0.1) is 0 Å². The summed E-state index contributed by atoms with van der Waals surface area (Å²) in [5.41, 5.74) is 0.0919. The molecule has 0 fully saturated rings. The van der Waals surface area contributed by atoms with Crippen LogP contribution in [0.1, 0.15) is 69.3 Å². The van der Waals surface area contributed by atoms with Crippen LogP contribution in [0.5, 0.6) is 11.5 Å². The summed E-state index contributed by atoms with van der Waals surface area (Å²) in [6.07, 6.45) is 2.09. The number of aliphatic carboxylic acids is 1. The number of ketones is 2. The number of carbonyl (C=O) groups excluding carboxylic acids is 4. The summed E-state index contributed by atoms with van der Waals surface area (Å²) in [4.78, 5) is 59.2. The Morgan fingerprint density at radius 3 is 2.20 bits per heavy atom. The molecule has 3 aromatic rings. The quantitative estimate of drug-likeness (QED) is 0.0973. The highest BCUT2D eigenvalue weighted by Crippen LogP contribution is 2.44. The Morgan fingerprint density at radius 1 is 0.800 bits per heavy atom. The maximum atomic E-state index is 12.7. The number of ether oxygens (including phenoxy) is 2. The van der Waals surface area contributed by atoms with Gasteiger partial charge in [0, 0.05) is 50.0 Å². The van der Waals surface area contributed by atoms with Crippen LogP contribution in [0.2, 0.25) is 0 Å². The number of carbonyl (C=O) groups is 5. The Balaban J connectivity index is 1.79. The number of hydrogen-bond acceptors (Lipinski definition) is 9. The van der Waals surface area contributed by atoms with Crippen molar-refractivity contribution in [3.8, 4) is 11.5 Å². The molecule has 40 heavy (non-hydrogen) atoms. The van der Waals surface area contributed by atoms with Gasteiger partial charge in [-0.25, -0.2) is 4.79 Å². The molecule has 0 aliphatic rings. The fraction of sp³-hybridized carbons (Fsp3) is 0.414. The van der Waals surface area contributed by atoms with Gasteiger partial charge in [-0.05, 0) is 38.8 Å². The number of rotatable bonds is 16. The van der Waals surface area contributed by atoms with Crippen LogP contribution in [0.15, 0.2) is 34.7 Å². The fourth-order valence-electron chi connectivity index (χ4n) is 4.07. The summed E-state index contributed by atoms with van der Waals surface area (Å²) in [6, 6.07) is 8.35. The lowest BCUT2D eigenvalue weighted by Crippen LogP contribution is -2.27. The summed E-state index contributed by atoms with van der Waals surface area (Å²) < 4.78 is 17.2. The molecule has 0 bridgehead atoms. The number of fused-ring (bicyclic) bond motifs is 2. The molecule has 1 amide bonds. The fourth-order valence-corrected chi connectivity index (χ4v) is 4.07. The monoisotopic (exact) mass is 554 g/mol. The number of amides is 1. The van der Waals surface area contributed by atoms with Gasteiger partial charge < -0.3 is 29.6 Å². The SMILES string of the molecule is CC(=O)CCNCCCC(=O)Oc1c2ccccc2c(OC(=O)NCCCCCC(=O)O)c2oc(C(C)=O)cc12. The van der Waals surface area contributed by atoms with Gasteiger partial charge >= 0.3 is 18.0 Å². The molecule has 0 aliphatic carbocycles. The first kappa shape index (κ1) is 30.3. The molecule has 1 aromatic heterocycles. The van der Waals surface area contributed by atoms with Gasteiger partial charge in [-0.2, -0.15) is 0 Å². The van der Waals surface area contributed by atoms with E-state index in [9.17, 15) is 24.0 Å². The second-order valence-electron chi connectivity index (χ2n) is 9.41. The van der Waals surface area contributed by atoms with E-state index in [1.807, 2.05) is 0 Å². The Labute approximate surface area is 231 Å². The molecule has 0 unspecified atom stereocenters. The van der Waals surface area contributed by atoms with Crippen molar-refractivity contribution in [1.82, 2.24) is 10.6 Å². The maximum absolute atomic E-state index is 12.7. The zero-order valence-electron chi connectivity index (χ0n) is 22.7. The number of Topliss-reactive ketones (excluding diaryl/α,β-unsaturated/α-hetero) is 2. The minimum absolute atomic E-state index is 0.0148. The van der Waals surface area contributed by atoms with Crippen LogP contribution < -0.4 is 20.1 Å².